The highest BCUT2D eigenvalue weighted by molar-refractivity contribution is 5.93. The number of nitrogens with zero attached hydrogens (tertiary/aromatic N) is 1. The lowest BCUT2D eigenvalue weighted by Gasteiger charge is -2.21. The zero-order valence-corrected chi connectivity index (χ0v) is 17.1. The van der Waals surface area contributed by atoms with Gasteiger partial charge in [-0.3, -0.25) is 19.3 Å². The summed E-state index contributed by atoms with van der Waals surface area (Å²) >= 11 is 0. The Morgan fingerprint density at radius 1 is 0.862 bits per heavy atom. The van der Waals surface area contributed by atoms with Crippen molar-refractivity contribution >= 4 is 29.1 Å². The molecule has 2 rings (SSSR count). The van der Waals surface area contributed by atoms with E-state index in [0.29, 0.717) is 17.9 Å². The average Bonchev–Trinajstić information content (AvgIpc) is 2.69. The van der Waals surface area contributed by atoms with Crippen molar-refractivity contribution < 1.29 is 14.4 Å². The number of hydrogen-bond donors (Lipinski definition) is 3. The fraction of sp³-hybridized carbons (Fsp3) is 0.318. The minimum absolute atomic E-state index is 0.0987. The lowest BCUT2D eigenvalue weighted by molar-refractivity contribution is -0.124. The van der Waals surface area contributed by atoms with Crippen molar-refractivity contribution in [3.05, 3.63) is 60.2 Å². The van der Waals surface area contributed by atoms with Crippen LogP contribution in [0.5, 0.6) is 0 Å². The summed E-state index contributed by atoms with van der Waals surface area (Å²) in [5, 5.41) is 8.43. The van der Waals surface area contributed by atoms with E-state index in [9.17, 15) is 14.4 Å². The Hall–Kier alpha value is -3.19. The Balaban J connectivity index is 1.82. The van der Waals surface area contributed by atoms with Crippen molar-refractivity contribution in [3.63, 3.8) is 0 Å². The highest BCUT2D eigenvalue weighted by Crippen LogP contribution is 2.14. The standard InChI is InChI=1S/C22H28N4O3/c1-4-26(14-21(28)23-16(2)18-8-6-5-7-9-18)15-22(29)25-20-12-10-19(11-13-20)24-17(3)27/h5-13,16H,4,14-15H2,1-3H3,(H,23,28)(H,24,27)(H,25,29)/t16-/m0/s1. The van der Waals surface area contributed by atoms with Crippen LogP contribution in [0.2, 0.25) is 0 Å². The Labute approximate surface area is 171 Å². The number of carbonyl (C=O) groups excluding carboxylic acids is 3. The molecule has 7 heteroatoms. The third-order valence-electron chi connectivity index (χ3n) is 4.35. The fourth-order valence-electron chi connectivity index (χ4n) is 2.84. The molecule has 0 radical (unpaired) electrons. The first-order valence-electron chi connectivity index (χ1n) is 9.61. The van der Waals surface area contributed by atoms with Crippen LogP contribution < -0.4 is 16.0 Å². The van der Waals surface area contributed by atoms with Gasteiger partial charge in [-0.25, -0.2) is 0 Å². The summed E-state index contributed by atoms with van der Waals surface area (Å²) in [6.07, 6.45) is 0. The first-order chi connectivity index (χ1) is 13.9. The number of rotatable bonds is 9. The van der Waals surface area contributed by atoms with Gasteiger partial charge in [-0.2, -0.15) is 0 Å². The third kappa shape index (κ3) is 7.75. The molecule has 0 aliphatic rings. The number of nitrogens with one attached hydrogen (secondary N) is 3. The number of anilines is 2. The lowest BCUT2D eigenvalue weighted by atomic mass is 10.1. The molecule has 3 N–H and O–H groups in total. The largest absolute Gasteiger partial charge is 0.348 e. The van der Waals surface area contributed by atoms with Gasteiger partial charge in [-0.15, -0.1) is 0 Å². The number of hydrogen-bond acceptors (Lipinski definition) is 4. The van der Waals surface area contributed by atoms with Gasteiger partial charge >= 0.3 is 0 Å². The molecule has 0 aliphatic heterocycles. The highest BCUT2D eigenvalue weighted by atomic mass is 16.2. The molecule has 0 unspecified atom stereocenters. The van der Waals surface area contributed by atoms with Crippen LogP contribution >= 0.6 is 0 Å². The van der Waals surface area contributed by atoms with E-state index < -0.39 is 0 Å². The quantitative estimate of drug-likeness (QED) is 0.608. The molecule has 0 saturated carbocycles. The summed E-state index contributed by atoms with van der Waals surface area (Å²) in [5.41, 5.74) is 2.32. The molecular weight excluding hydrogens is 368 g/mol. The summed E-state index contributed by atoms with van der Waals surface area (Å²) in [6.45, 7) is 6.09. The first kappa shape index (κ1) is 22.1. The summed E-state index contributed by atoms with van der Waals surface area (Å²) in [7, 11) is 0. The molecule has 0 spiro atoms. The van der Waals surface area contributed by atoms with E-state index in [1.807, 2.05) is 44.2 Å². The Morgan fingerprint density at radius 2 is 1.41 bits per heavy atom. The molecule has 0 saturated heterocycles. The average molecular weight is 396 g/mol. The van der Waals surface area contributed by atoms with Gasteiger partial charge in [0, 0.05) is 18.3 Å². The Bertz CT molecular complexity index is 822. The smallest absolute Gasteiger partial charge is 0.238 e. The van der Waals surface area contributed by atoms with E-state index in [2.05, 4.69) is 16.0 Å². The zero-order chi connectivity index (χ0) is 21.2. The SMILES string of the molecule is CCN(CC(=O)Nc1ccc(NC(C)=O)cc1)CC(=O)N[C@@H](C)c1ccccc1. The lowest BCUT2D eigenvalue weighted by Crippen LogP contribution is -2.41. The first-order valence-corrected chi connectivity index (χ1v) is 9.61. The highest BCUT2D eigenvalue weighted by Gasteiger charge is 2.15. The van der Waals surface area contributed by atoms with Gasteiger partial charge in [-0.05, 0) is 43.3 Å². The Kier molecular flexibility index (Phi) is 8.36. The summed E-state index contributed by atoms with van der Waals surface area (Å²) in [5.74, 6) is -0.487. The van der Waals surface area contributed by atoms with Gasteiger partial charge in [0.15, 0.2) is 0 Å². The maximum Gasteiger partial charge on any atom is 0.238 e. The van der Waals surface area contributed by atoms with Crippen molar-refractivity contribution in [2.75, 3.05) is 30.3 Å². The van der Waals surface area contributed by atoms with Crippen LogP contribution in [0.4, 0.5) is 11.4 Å². The second-order valence-corrected chi connectivity index (χ2v) is 6.81. The predicted molar refractivity (Wildman–Crippen MR) is 114 cm³/mol. The van der Waals surface area contributed by atoms with Gasteiger partial charge in [0.1, 0.15) is 0 Å². The number of carbonyl (C=O) groups is 3. The van der Waals surface area contributed by atoms with E-state index >= 15 is 0 Å². The second-order valence-electron chi connectivity index (χ2n) is 6.81. The molecule has 2 aromatic rings. The van der Waals surface area contributed by atoms with Crippen molar-refractivity contribution in [3.8, 4) is 0 Å². The summed E-state index contributed by atoms with van der Waals surface area (Å²) in [4.78, 5) is 37.5. The molecule has 1 atom stereocenters. The van der Waals surface area contributed by atoms with Gasteiger partial charge in [-0.1, -0.05) is 37.3 Å². The van der Waals surface area contributed by atoms with Crippen molar-refractivity contribution in [1.82, 2.24) is 10.2 Å². The van der Waals surface area contributed by atoms with Gasteiger partial charge in [0.25, 0.3) is 0 Å². The second kappa shape index (κ2) is 11.0. The maximum atomic E-state index is 12.3. The van der Waals surface area contributed by atoms with Gasteiger partial charge < -0.3 is 16.0 Å². The fourth-order valence-corrected chi connectivity index (χ4v) is 2.84. The molecule has 29 heavy (non-hydrogen) atoms. The molecular formula is C22H28N4O3. The van der Waals surface area contributed by atoms with E-state index in [0.717, 1.165) is 5.56 Å². The van der Waals surface area contributed by atoms with Crippen LogP contribution in [-0.2, 0) is 14.4 Å². The zero-order valence-electron chi connectivity index (χ0n) is 17.1. The minimum Gasteiger partial charge on any atom is -0.348 e. The van der Waals surface area contributed by atoms with E-state index in [-0.39, 0.29) is 36.9 Å². The third-order valence-corrected chi connectivity index (χ3v) is 4.35. The van der Waals surface area contributed by atoms with E-state index in [1.165, 1.54) is 6.92 Å². The van der Waals surface area contributed by atoms with Crippen LogP contribution in [0.3, 0.4) is 0 Å². The predicted octanol–water partition coefficient (Wildman–Crippen LogP) is 2.78. The number of benzene rings is 2. The molecule has 0 bridgehead atoms. The van der Waals surface area contributed by atoms with E-state index in [4.69, 9.17) is 0 Å². The monoisotopic (exact) mass is 396 g/mol. The van der Waals surface area contributed by atoms with Crippen LogP contribution in [-0.4, -0.2) is 42.3 Å². The number of likely N-dealkylation sites (N-methyl/N-ethyl adjacent to an activating group) is 1. The molecule has 0 fully saturated rings. The molecule has 0 aromatic heterocycles. The molecule has 0 heterocycles. The molecule has 154 valence electrons. The normalized spacial score (nSPS) is 11.6. The van der Waals surface area contributed by atoms with Crippen LogP contribution in [0, 0.1) is 0 Å². The van der Waals surface area contributed by atoms with Crippen molar-refractivity contribution in [2.24, 2.45) is 0 Å². The minimum atomic E-state index is -0.206. The molecule has 2 aromatic carbocycles. The van der Waals surface area contributed by atoms with Crippen molar-refractivity contribution in [2.45, 2.75) is 26.8 Å². The van der Waals surface area contributed by atoms with Crippen LogP contribution in [0.15, 0.2) is 54.6 Å². The van der Waals surface area contributed by atoms with Crippen molar-refractivity contribution in [1.29, 1.82) is 0 Å². The maximum absolute atomic E-state index is 12.3. The van der Waals surface area contributed by atoms with Gasteiger partial charge in [0.2, 0.25) is 17.7 Å². The van der Waals surface area contributed by atoms with Crippen LogP contribution in [0.1, 0.15) is 32.4 Å². The molecule has 7 nitrogen and oxygen atoms in total. The molecule has 3 amide bonds. The molecule has 0 aliphatic carbocycles. The van der Waals surface area contributed by atoms with Gasteiger partial charge in [0.05, 0.1) is 19.1 Å². The Morgan fingerprint density at radius 3 is 1.97 bits per heavy atom. The number of amides is 3. The summed E-state index contributed by atoms with van der Waals surface area (Å²) in [6, 6.07) is 16.5. The summed E-state index contributed by atoms with van der Waals surface area (Å²) < 4.78 is 0. The van der Waals surface area contributed by atoms with E-state index in [1.54, 1.807) is 29.2 Å². The topological polar surface area (TPSA) is 90.5 Å². The van der Waals surface area contributed by atoms with Crippen LogP contribution in [0.25, 0.3) is 0 Å².